The Morgan fingerprint density at radius 1 is 1.43 bits per heavy atom. The van der Waals surface area contributed by atoms with Crippen LogP contribution in [-0.4, -0.2) is 17.0 Å². The van der Waals surface area contributed by atoms with E-state index in [1.807, 2.05) is 0 Å². The predicted octanol–water partition coefficient (Wildman–Crippen LogP) is 2.74. The van der Waals surface area contributed by atoms with Gasteiger partial charge >= 0.3 is 5.97 Å². The Hall–Kier alpha value is -2.47. The fraction of sp³-hybridized carbons (Fsp3) is 0.143. The molecule has 0 bridgehead atoms. The van der Waals surface area contributed by atoms with Crippen LogP contribution in [0.3, 0.4) is 0 Å². The first-order valence-corrected chi connectivity index (χ1v) is 6.57. The molecule has 0 aliphatic carbocycles. The van der Waals surface area contributed by atoms with Gasteiger partial charge in [-0.15, -0.1) is 0 Å². The van der Waals surface area contributed by atoms with Gasteiger partial charge in [0.05, 0.1) is 29.2 Å². The van der Waals surface area contributed by atoms with Crippen LogP contribution < -0.4 is 10.6 Å². The molecule has 2 heterocycles. The molecule has 21 heavy (non-hydrogen) atoms. The van der Waals surface area contributed by atoms with Crippen LogP contribution in [0.5, 0.6) is 0 Å². The third-order valence-electron chi connectivity index (χ3n) is 3.17. The number of aromatic carboxylic acids is 1. The van der Waals surface area contributed by atoms with Crippen molar-refractivity contribution in [1.82, 2.24) is 0 Å². The fourth-order valence-electron chi connectivity index (χ4n) is 2.15. The van der Waals surface area contributed by atoms with E-state index in [9.17, 15) is 9.59 Å². The van der Waals surface area contributed by atoms with Gasteiger partial charge in [-0.2, -0.15) is 0 Å². The summed E-state index contributed by atoms with van der Waals surface area (Å²) in [6.07, 6.45) is 1.51. The molecule has 2 aromatic rings. The smallest absolute Gasteiger partial charge is 0.338 e. The van der Waals surface area contributed by atoms with E-state index in [0.29, 0.717) is 29.4 Å². The lowest BCUT2D eigenvalue weighted by atomic mass is 10.1. The zero-order chi connectivity index (χ0) is 15.0. The maximum absolute atomic E-state index is 11.3. The van der Waals surface area contributed by atoms with E-state index in [1.54, 1.807) is 12.1 Å². The number of rotatable bonds is 4. The number of anilines is 2. The average Bonchev–Trinajstić information content (AvgIpc) is 3.01. The molecule has 3 N–H and O–H groups in total. The number of fused-ring (bicyclic) bond motifs is 1. The molecular formula is C14H11ClN2O4. The first-order chi connectivity index (χ1) is 10.0. The van der Waals surface area contributed by atoms with Crippen LogP contribution in [0.25, 0.3) is 0 Å². The van der Waals surface area contributed by atoms with E-state index < -0.39 is 5.97 Å². The number of nitrogens with one attached hydrogen (secondary N) is 2. The summed E-state index contributed by atoms with van der Waals surface area (Å²) in [6.45, 7) is 0.299. The molecule has 0 radical (unpaired) electrons. The van der Waals surface area contributed by atoms with Crippen LogP contribution in [0.1, 0.15) is 21.7 Å². The Morgan fingerprint density at radius 2 is 2.24 bits per heavy atom. The number of amides is 1. The molecule has 0 spiro atoms. The van der Waals surface area contributed by atoms with Crippen molar-refractivity contribution in [1.29, 1.82) is 0 Å². The van der Waals surface area contributed by atoms with Crippen LogP contribution in [-0.2, 0) is 17.8 Å². The van der Waals surface area contributed by atoms with E-state index in [0.717, 1.165) is 11.3 Å². The van der Waals surface area contributed by atoms with Crippen LogP contribution in [0.4, 0.5) is 11.4 Å². The number of carboxylic acids is 1. The Bertz CT molecular complexity index is 739. The largest absolute Gasteiger partial charge is 0.478 e. The van der Waals surface area contributed by atoms with Gasteiger partial charge in [0.2, 0.25) is 5.91 Å². The highest BCUT2D eigenvalue weighted by Gasteiger charge is 2.19. The average molecular weight is 307 g/mol. The van der Waals surface area contributed by atoms with Gasteiger partial charge < -0.3 is 20.2 Å². The van der Waals surface area contributed by atoms with Gasteiger partial charge in [0.15, 0.2) is 0 Å². The van der Waals surface area contributed by atoms with Gasteiger partial charge in [-0.3, -0.25) is 4.79 Å². The van der Waals surface area contributed by atoms with Crippen LogP contribution in [0.2, 0.25) is 5.02 Å². The van der Waals surface area contributed by atoms with E-state index in [4.69, 9.17) is 21.1 Å². The Labute approximate surface area is 124 Å². The van der Waals surface area contributed by atoms with Gasteiger partial charge in [0.1, 0.15) is 12.0 Å². The minimum Gasteiger partial charge on any atom is -0.478 e. The van der Waals surface area contributed by atoms with Crippen molar-refractivity contribution in [3.8, 4) is 0 Å². The monoisotopic (exact) mass is 306 g/mol. The first kappa shape index (κ1) is 13.5. The topological polar surface area (TPSA) is 91.6 Å². The lowest BCUT2D eigenvalue weighted by Gasteiger charge is -2.09. The lowest BCUT2D eigenvalue weighted by Crippen LogP contribution is -2.03. The highest BCUT2D eigenvalue weighted by Crippen LogP contribution is 2.33. The summed E-state index contributed by atoms with van der Waals surface area (Å²) in [7, 11) is 0. The Balaban J connectivity index is 1.74. The van der Waals surface area contributed by atoms with E-state index in [-0.39, 0.29) is 11.5 Å². The van der Waals surface area contributed by atoms with E-state index in [2.05, 4.69) is 10.6 Å². The minimum absolute atomic E-state index is 0.0599. The maximum atomic E-state index is 11.3. The molecule has 6 nitrogen and oxygen atoms in total. The standard InChI is InChI=1S/C14H11ClN2O4/c15-10-4-11-7(3-13(18)17-11)2-12(10)16-5-9-1-8(6-21-9)14(19)20/h1-2,4,6,16H,3,5H2,(H,17,18)(H,19,20). The maximum Gasteiger partial charge on any atom is 0.338 e. The SMILES string of the molecule is O=C1Cc2cc(NCc3cc(C(=O)O)co3)c(Cl)cc2N1. The van der Waals surface area contributed by atoms with Gasteiger partial charge in [-0.1, -0.05) is 11.6 Å². The Morgan fingerprint density at radius 3 is 2.95 bits per heavy atom. The fourth-order valence-corrected chi connectivity index (χ4v) is 2.38. The normalized spacial score (nSPS) is 12.9. The summed E-state index contributed by atoms with van der Waals surface area (Å²) in [6, 6.07) is 4.94. The Kier molecular flexibility index (Phi) is 3.31. The molecule has 108 valence electrons. The molecule has 0 unspecified atom stereocenters. The summed E-state index contributed by atoms with van der Waals surface area (Å²) in [5.41, 5.74) is 2.36. The third kappa shape index (κ3) is 2.71. The van der Waals surface area contributed by atoms with Crippen LogP contribution in [0.15, 0.2) is 28.9 Å². The quantitative estimate of drug-likeness (QED) is 0.808. The van der Waals surface area contributed by atoms with Gasteiger partial charge in [-0.05, 0) is 23.8 Å². The second-order valence-corrected chi connectivity index (χ2v) is 5.08. The highest BCUT2D eigenvalue weighted by atomic mass is 35.5. The van der Waals surface area contributed by atoms with Crippen molar-refractivity contribution in [2.75, 3.05) is 10.6 Å². The first-order valence-electron chi connectivity index (χ1n) is 6.20. The van der Waals surface area contributed by atoms with Crippen molar-refractivity contribution >= 4 is 34.9 Å². The summed E-state index contributed by atoms with van der Waals surface area (Å²) >= 11 is 6.14. The van der Waals surface area contributed by atoms with E-state index >= 15 is 0 Å². The summed E-state index contributed by atoms with van der Waals surface area (Å²) in [4.78, 5) is 22.1. The van der Waals surface area contributed by atoms with Gasteiger partial charge in [0.25, 0.3) is 0 Å². The van der Waals surface area contributed by atoms with E-state index in [1.165, 1.54) is 12.3 Å². The number of furan rings is 1. The number of carbonyl (C=O) groups excluding carboxylic acids is 1. The zero-order valence-corrected chi connectivity index (χ0v) is 11.5. The van der Waals surface area contributed by atoms with Gasteiger partial charge in [-0.25, -0.2) is 4.79 Å². The summed E-state index contributed by atoms with van der Waals surface area (Å²) < 4.78 is 5.14. The molecule has 1 aromatic carbocycles. The summed E-state index contributed by atoms with van der Waals surface area (Å²) in [5, 5.41) is 15.1. The molecular weight excluding hydrogens is 296 g/mol. The summed E-state index contributed by atoms with van der Waals surface area (Å²) in [5.74, 6) is -0.612. The molecule has 3 rings (SSSR count). The molecule has 7 heteroatoms. The number of carboxylic acid groups (broad SMARTS) is 1. The lowest BCUT2D eigenvalue weighted by molar-refractivity contribution is -0.115. The minimum atomic E-state index is -1.04. The second kappa shape index (κ2) is 5.14. The zero-order valence-electron chi connectivity index (χ0n) is 10.8. The number of benzene rings is 1. The molecule has 0 fully saturated rings. The number of carbonyl (C=O) groups is 2. The highest BCUT2D eigenvalue weighted by molar-refractivity contribution is 6.33. The van der Waals surface area contributed by atoms with Crippen molar-refractivity contribution < 1.29 is 19.1 Å². The molecule has 0 saturated carbocycles. The molecule has 0 atom stereocenters. The van der Waals surface area contributed by atoms with Gasteiger partial charge in [0, 0.05) is 5.69 Å². The third-order valence-corrected chi connectivity index (χ3v) is 3.48. The van der Waals surface area contributed by atoms with Crippen molar-refractivity contribution in [3.63, 3.8) is 0 Å². The molecule has 0 saturated heterocycles. The van der Waals surface area contributed by atoms with Crippen LogP contribution in [0, 0.1) is 0 Å². The number of halogens is 1. The van der Waals surface area contributed by atoms with Crippen molar-refractivity contribution in [2.24, 2.45) is 0 Å². The van der Waals surface area contributed by atoms with Crippen molar-refractivity contribution in [3.05, 3.63) is 46.4 Å². The van der Waals surface area contributed by atoms with Crippen molar-refractivity contribution in [2.45, 2.75) is 13.0 Å². The molecule has 1 amide bonds. The molecule has 1 aliphatic heterocycles. The second-order valence-electron chi connectivity index (χ2n) is 4.67. The predicted molar refractivity (Wildman–Crippen MR) is 76.8 cm³/mol. The number of hydrogen-bond acceptors (Lipinski definition) is 4. The number of hydrogen-bond donors (Lipinski definition) is 3. The van der Waals surface area contributed by atoms with Crippen LogP contribution >= 0.6 is 11.6 Å². The molecule has 1 aromatic heterocycles. The molecule has 1 aliphatic rings.